The highest BCUT2D eigenvalue weighted by Gasteiger charge is 2.18. The minimum absolute atomic E-state index is 0. The fourth-order valence-electron chi connectivity index (χ4n) is 3.02. The first-order valence-electron chi connectivity index (χ1n) is 8.65. The van der Waals surface area contributed by atoms with Crippen molar-refractivity contribution in [3.8, 4) is 0 Å². The van der Waals surface area contributed by atoms with Crippen molar-refractivity contribution in [2.24, 2.45) is 17.8 Å². The SMILES string of the molecule is Cn1cc(CCCN=C(N)N2CCN(c3ccc(F)cc3)CC2)cn1.I. The Kier molecular flexibility index (Phi) is 7.67. The number of nitrogens with two attached hydrogens (primary N) is 1. The molecule has 1 aliphatic heterocycles. The Morgan fingerprint density at radius 2 is 1.88 bits per heavy atom. The molecule has 2 heterocycles. The van der Waals surface area contributed by atoms with Crippen LogP contribution in [0.4, 0.5) is 10.1 Å². The van der Waals surface area contributed by atoms with Gasteiger partial charge in [-0.1, -0.05) is 0 Å². The van der Waals surface area contributed by atoms with Crippen LogP contribution in [-0.4, -0.2) is 53.4 Å². The van der Waals surface area contributed by atoms with Crippen molar-refractivity contribution in [2.75, 3.05) is 37.6 Å². The molecule has 3 rings (SSSR count). The fraction of sp³-hybridized carbons (Fsp3) is 0.444. The van der Waals surface area contributed by atoms with Gasteiger partial charge in [-0.3, -0.25) is 9.67 Å². The predicted octanol–water partition coefficient (Wildman–Crippen LogP) is 2.25. The second-order valence-corrected chi connectivity index (χ2v) is 6.32. The van der Waals surface area contributed by atoms with Gasteiger partial charge in [-0.05, 0) is 42.7 Å². The van der Waals surface area contributed by atoms with Crippen LogP contribution in [0.5, 0.6) is 0 Å². The van der Waals surface area contributed by atoms with Crippen molar-refractivity contribution < 1.29 is 4.39 Å². The Labute approximate surface area is 170 Å². The lowest BCUT2D eigenvalue weighted by atomic mass is 10.2. The lowest BCUT2D eigenvalue weighted by Gasteiger charge is -2.36. The third kappa shape index (κ3) is 5.58. The zero-order valence-electron chi connectivity index (χ0n) is 15.0. The second kappa shape index (κ2) is 9.75. The summed E-state index contributed by atoms with van der Waals surface area (Å²) in [5.41, 5.74) is 8.40. The standard InChI is InChI=1S/C18H25FN6.HI/c1-23-14-15(13-22-23)3-2-8-21-18(20)25-11-9-24(10-12-25)17-6-4-16(19)5-7-17;/h4-7,13-14H,2-3,8-12H2,1H3,(H2,20,21);1H. The normalized spacial score (nSPS) is 15.1. The zero-order valence-corrected chi connectivity index (χ0v) is 17.3. The van der Waals surface area contributed by atoms with Gasteiger partial charge in [0.15, 0.2) is 5.96 Å². The van der Waals surface area contributed by atoms with Gasteiger partial charge >= 0.3 is 0 Å². The summed E-state index contributed by atoms with van der Waals surface area (Å²) < 4.78 is 14.8. The van der Waals surface area contributed by atoms with Gasteiger partial charge in [0, 0.05) is 51.7 Å². The summed E-state index contributed by atoms with van der Waals surface area (Å²) in [6, 6.07) is 6.64. The molecule has 0 aliphatic carbocycles. The number of aliphatic imine (C=N–C) groups is 1. The largest absolute Gasteiger partial charge is 0.370 e. The van der Waals surface area contributed by atoms with Crippen LogP contribution in [0.15, 0.2) is 41.7 Å². The molecule has 1 aliphatic rings. The van der Waals surface area contributed by atoms with Crippen molar-refractivity contribution in [3.63, 3.8) is 0 Å². The Balaban J connectivity index is 0.00000243. The smallest absolute Gasteiger partial charge is 0.191 e. The van der Waals surface area contributed by atoms with Crippen LogP contribution in [0.3, 0.4) is 0 Å². The van der Waals surface area contributed by atoms with Crippen molar-refractivity contribution in [1.82, 2.24) is 14.7 Å². The Bertz CT molecular complexity index is 707. The molecule has 142 valence electrons. The predicted molar refractivity (Wildman–Crippen MR) is 114 cm³/mol. The van der Waals surface area contributed by atoms with Gasteiger partial charge < -0.3 is 15.5 Å². The summed E-state index contributed by atoms with van der Waals surface area (Å²) in [6.07, 6.45) is 5.84. The molecule has 1 aromatic carbocycles. The molecule has 0 unspecified atom stereocenters. The highest BCUT2D eigenvalue weighted by atomic mass is 127. The summed E-state index contributed by atoms with van der Waals surface area (Å²) in [4.78, 5) is 8.86. The molecule has 2 N–H and O–H groups in total. The number of nitrogens with zero attached hydrogens (tertiary/aromatic N) is 5. The first kappa shape index (κ1) is 20.5. The second-order valence-electron chi connectivity index (χ2n) is 6.32. The molecular formula is C18H26FIN6. The van der Waals surface area contributed by atoms with E-state index in [-0.39, 0.29) is 29.8 Å². The van der Waals surface area contributed by atoms with Crippen molar-refractivity contribution in [3.05, 3.63) is 48.0 Å². The van der Waals surface area contributed by atoms with Crippen LogP contribution >= 0.6 is 24.0 Å². The van der Waals surface area contributed by atoms with Gasteiger partial charge in [0.1, 0.15) is 5.82 Å². The monoisotopic (exact) mass is 472 g/mol. The summed E-state index contributed by atoms with van der Waals surface area (Å²) in [5, 5.41) is 4.16. The molecule has 26 heavy (non-hydrogen) atoms. The van der Waals surface area contributed by atoms with E-state index >= 15 is 0 Å². The van der Waals surface area contributed by atoms with E-state index in [1.165, 1.54) is 17.7 Å². The van der Waals surface area contributed by atoms with E-state index in [9.17, 15) is 4.39 Å². The molecule has 8 heteroatoms. The minimum Gasteiger partial charge on any atom is -0.370 e. The summed E-state index contributed by atoms with van der Waals surface area (Å²) in [5.74, 6) is 0.412. The van der Waals surface area contributed by atoms with E-state index in [1.54, 1.807) is 0 Å². The molecule has 2 aromatic rings. The number of anilines is 1. The van der Waals surface area contributed by atoms with Gasteiger partial charge in [0.05, 0.1) is 6.20 Å². The topological polar surface area (TPSA) is 62.7 Å². The molecule has 1 saturated heterocycles. The highest BCUT2D eigenvalue weighted by Crippen LogP contribution is 2.16. The average molecular weight is 472 g/mol. The van der Waals surface area contributed by atoms with Crippen LogP contribution in [0, 0.1) is 5.82 Å². The van der Waals surface area contributed by atoms with Gasteiger partial charge in [-0.15, -0.1) is 24.0 Å². The minimum atomic E-state index is -0.204. The van der Waals surface area contributed by atoms with Crippen LogP contribution in [0.1, 0.15) is 12.0 Å². The Hall–Kier alpha value is -1.84. The summed E-state index contributed by atoms with van der Waals surface area (Å²) in [7, 11) is 1.92. The first-order valence-corrected chi connectivity index (χ1v) is 8.65. The fourth-order valence-corrected chi connectivity index (χ4v) is 3.02. The number of aromatic nitrogens is 2. The number of benzene rings is 1. The molecule has 1 fully saturated rings. The lowest BCUT2D eigenvalue weighted by molar-refractivity contribution is 0.380. The van der Waals surface area contributed by atoms with E-state index in [0.29, 0.717) is 5.96 Å². The van der Waals surface area contributed by atoms with Crippen molar-refractivity contribution >= 4 is 35.6 Å². The van der Waals surface area contributed by atoms with Crippen LogP contribution < -0.4 is 10.6 Å². The van der Waals surface area contributed by atoms with Gasteiger partial charge in [-0.2, -0.15) is 5.10 Å². The van der Waals surface area contributed by atoms with Gasteiger partial charge in [0.2, 0.25) is 0 Å². The van der Waals surface area contributed by atoms with Gasteiger partial charge in [0.25, 0.3) is 0 Å². The third-order valence-corrected chi connectivity index (χ3v) is 4.45. The van der Waals surface area contributed by atoms with Crippen LogP contribution in [0.25, 0.3) is 0 Å². The molecule has 0 saturated carbocycles. The number of hydrogen-bond donors (Lipinski definition) is 1. The third-order valence-electron chi connectivity index (χ3n) is 4.45. The number of aryl methyl sites for hydroxylation is 2. The van der Waals surface area contributed by atoms with E-state index < -0.39 is 0 Å². The van der Waals surface area contributed by atoms with Crippen LogP contribution in [-0.2, 0) is 13.5 Å². The van der Waals surface area contributed by atoms with Crippen molar-refractivity contribution in [2.45, 2.75) is 12.8 Å². The maximum atomic E-state index is 13.0. The first-order chi connectivity index (χ1) is 12.1. The van der Waals surface area contributed by atoms with Crippen LogP contribution in [0.2, 0.25) is 0 Å². The van der Waals surface area contributed by atoms with Crippen molar-refractivity contribution in [1.29, 1.82) is 0 Å². The maximum Gasteiger partial charge on any atom is 0.191 e. The maximum absolute atomic E-state index is 13.0. The van der Waals surface area contributed by atoms with E-state index in [0.717, 1.165) is 51.3 Å². The van der Waals surface area contributed by atoms with Gasteiger partial charge in [-0.25, -0.2) is 4.39 Å². The molecule has 0 amide bonds. The average Bonchev–Trinajstić information content (AvgIpc) is 3.05. The molecule has 1 aromatic heterocycles. The number of hydrogen-bond acceptors (Lipinski definition) is 3. The lowest BCUT2D eigenvalue weighted by Crippen LogP contribution is -2.51. The van der Waals surface area contributed by atoms with E-state index in [4.69, 9.17) is 5.73 Å². The molecule has 0 bridgehead atoms. The molecule has 0 radical (unpaired) electrons. The number of guanidine groups is 1. The zero-order chi connectivity index (χ0) is 17.6. The molecular weight excluding hydrogens is 446 g/mol. The summed E-state index contributed by atoms with van der Waals surface area (Å²) >= 11 is 0. The quantitative estimate of drug-likeness (QED) is 0.314. The number of halogens is 2. The van der Waals surface area contributed by atoms with E-state index in [2.05, 4.69) is 19.9 Å². The number of rotatable bonds is 5. The van der Waals surface area contributed by atoms with E-state index in [1.807, 2.05) is 36.3 Å². The Morgan fingerprint density at radius 1 is 1.19 bits per heavy atom. The summed E-state index contributed by atoms with van der Waals surface area (Å²) in [6.45, 7) is 4.10. The highest BCUT2D eigenvalue weighted by molar-refractivity contribution is 14.0. The Morgan fingerprint density at radius 3 is 2.50 bits per heavy atom. The molecule has 6 nitrogen and oxygen atoms in total. The molecule has 0 spiro atoms. The number of piperazine rings is 1. The molecule has 0 atom stereocenters.